The molecular weight excluding hydrogens is 272 g/mol. The van der Waals surface area contributed by atoms with Gasteiger partial charge in [-0.2, -0.15) is 8.78 Å². The van der Waals surface area contributed by atoms with Gasteiger partial charge in [-0.25, -0.2) is 0 Å². The minimum Gasteiger partial charge on any atom is -0.432 e. The van der Waals surface area contributed by atoms with E-state index in [0.29, 0.717) is 0 Å². The van der Waals surface area contributed by atoms with Crippen LogP contribution in [0.2, 0.25) is 15.1 Å². The molecule has 0 aromatic heterocycles. The lowest BCUT2D eigenvalue weighted by atomic mass is 10.2. The minimum atomic E-state index is -3.10. The molecule has 82 valence electrons. The average Bonchev–Trinajstić information content (AvgIpc) is 2.14. The molecule has 0 unspecified atom stereocenters. The van der Waals surface area contributed by atoms with Crippen LogP contribution in [0.4, 0.5) is 8.78 Å². The second kappa shape index (κ2) is 4.96. The van der Waals surface area contributed by atoms with Crippen LogP contribution in [0.15, 0.2) is 6.07 Å². The van der Waals surface area contributed by atoms with Gasteiger partial charge in [0.15, 0.2) is 12.0 Å². The lowest BCUT2D eigenvalue weighted by Crippen LogP contribution is -2.05. The van der Waals surface area contributed by atoms with Gasteiger partial charge in [0.25, 0.3) is 0 Å². The molecule has 0 radical (unpaired) electrons. The number of carbonyl (C=O) groups is 1. The Kier molecular flexibility index (Phi) is 4.13. The van der Waals surface area contributed by atoms with E-state index in [1.54, 1.807) is 0 Å². The molecule has 0 bridgehead atoms. The van der Waals surface area contributed by atoms with Crippen molar-refractivity contribution in [3.05, 3.63) is 26.7 Å². The summed E-state index contributed by atoms with van der Waals surface area (Å²) in [6.07, 6.45) is 0.248. The van der Waals surface area contributed by atoms with Crippen molar-refractivity contribution in [1.29, 1.82) is 0 Å². The Morgan fingerprint density at radius 2 is 1.87 bits per heavy atom. The quantitative estimate of drug-likeness (QED) is 0.614. The molecule has 0 N–H and O–H groups in total. The van der Waals surface area contributed by atoms with Gasteiger partial charge in [0.1, 0.15) is 0 Å². The van der Waals surface area contributed by atoms with E-state index >= 15 is 0 Å². The van der Waals surface area contributed by atoms with Crippen molar-refractivity contribution in [2.24, 2.45) is 0 Å². The molecule has 0 aliphatic rings. The van der Waals surface area contributed by atoms with Crippen LogP contribution < -0.4 is 4.74 Å². The maximum atomic E-state index is 12.0. The lowest BCUT2D eigenvalue weighted by molar-refractivity contribution is -0.0499. The number of halogens is 5. The molecule has 0 fully saturated rings. The maximum Gasteiger partial charge on any atom is 0.387 e. The SMILES string of the molecule is O=Cc1c(Cl)c(Cl)cc(Cl)c1OC(F)F. The molecule has 7 heteroatoms. The number of hydrogen-bond donors (Lipinski definition) is 0. The van der Waals surface area contributed by atoms with Gasteiger partial charge >= 0.3 is 6.61 Å². The Morgan fingerprint density at radius 1 is 1.27 bits per heavy atom. The van der Waals surface area contributed by atoms with Crippen molar-refractivity contribution in [2.45, 2.75) is 6.61 Å². The van der Waals surface area contributed by atoms with Crippen LogP contribution in [0.5, 0.6) is 5.75 Å². The standard InChI is InChI=1S/C8H3Cl3F2O2/c9-4-1-5(10)7(15-8(12)13)3(2-14)6(4)11/h1-2,8H. The zero-order valence-electron chi connectivity index (χ0n) is 6.94. The van der Waals surface area contributed by atoms with E-state index in [1.807, 2.05) is 0 Å². The fourth-order valence-electron chi connectivity index (χ4n) is 0.911. The number of carbonyl (C=O) groups excluding carboxylic acids is 1. The van der Waals surface area contributed by atoms with Crippen LogP contribution in [0.1, 0.15) is 10.4 Å². The summed E-state index contributed by atoms with van der Waals surface area (Å²) in [6, 6.07) is 1.12. The first-order valence-corrected chi connectivity index (χ1v) is 4.68. The second-order valence-electron chi connectivity index (χ2n) is 2.39. The number of benzene rings is 1. The van der Waals surface area contributed by atoms with Crippen LogP contribution in [0, 0.1) is 0 Å². The molecule has 1 rings (SSSR count). The largest absolute Gasteiger partial charge is 0.432 e. The Labute approximate surface area is 98.7 Å². The lowest BCUT2D eigenvalue weighted by Gasteiger charge is -2.11. The minimum absolute atomic E-state index is 0.00890. The molecule has 0 aliphatic carbocycles. The fraction of sp³-hybridized carbons (Fsp3) is 0.125. The Bertz CT molecular complexity index is 396. The van der Waals surface area contributed by atoms with Gasteiger partial charge in [-0.3, -0.25) is 4.79 Å². The van der Waals surface area contributed by atoms with Crippen molar-refractivity contribution in [2.75, 3.05) is 0 Å². The summed E-state index contributed by atoms with van der Waals surface area (Å²) < 4.78 is 28.0. The van der Waals surface area contributed by atoms with Gasteiger partial charge < -0.3 is 4.74 Å². The zero-order valence-corrected chi connectivity index (χ0v) is 9.21. The van der Waals surface area contributed by atoms with Gasteiger partial charge in [-0.05, 0) is 6.07 Å². The second-order valence-corrected chi connectivity index (χ2v) is 3.59. The molecule has 15 heavy (non-hydrogen) atoms. The highest BCUT2D eigenvalue weighted by molar-refractivity contribution is 6.45. The molecule has 2 nitrogen and oxygen atoms in total. The van der Waals surface area contributed by atoms with E-state index in [-0.39, 0.29) is 26.9 Å². The summed E-state index contributed by atoms with van der Waals surface area (Å²) in [5.74, 6) is -0.476. The monoisotopic (exact) mass is 274 g/mol. The number of ether oxygens (including phenoxy) is 1. The summed E-state index contributed by atoms with van der Waals surface area (Å²) in [5, 5.41) is -0.385. The van der Waals surface area contributed by atoms with Crippen molar-refractivity contribution in [3.8, 4) is 5.75 Å². The Hall–Kier alpha value is -0.580. The Morgan fingerprint density at radius 3 is 2.33 bits per heavy atom. The third kappa shape index (κ3) is 2.71. The zero-order chi connectivity index (χ0) is 11.6. The fourth-order valence-corrected chi connectivity index (χ4v) is 1.62. The number of aldehydes is 1. The van der Waals surface area contributed by atoms with Gasteiger partial charge in [-0.15, -0.1) is 0 Å². The van der Waals surface area contributed by atoms with Crippen molar-refractivity contribution in [1.82, 2.24) is 0 Å². The topological polar surface area (TPSA) is 26.3 Å². The molecule has 0 spiro atoms. The highest BCUT2D eigenvalue weighted by atomic mass is 35.5. The van der Waals surface area contributed by atoms with Crippen molar-refractivity contribution >= 4 is 41.1 Å². The molecule has 1 aromatic rings. The third-order valence-electron chi connectivity index (χ3n) is 1.49. The molecule has 0 heterocycles. The van der Waals surface area contributed by atoms with E-state index in [9.17, 15) is 13.6 Å². The molecular formula is C8H3Cl3F2O2. The van der Waals surface area contributed by atoms with Crippen LogP contribution >= 0.6 is 34.8 Å². The van der Waals surface area contributed by atoms with Crippen LogP contribution in [0.25, 0.3) is 0 Å². The molecule has 0 aliphatic heterocycles. The van der Waals surface area contributed by atoms with Gasteiger partial charge in [0.05, 0.1) is 20.6 Å². The average molecular weight is 275 g/mol. The molecule has 0 saturated carbocycles. The number of rotatable bonds is 3. The van der Waals surface area contributed by atoms with Gasteiger partial charge in [-0.1, -0.05) is 34.8 Å². The van der Waals surface area contributed by atoms with E-state index in [1.165, 1.54) is 0 Å². The summed E-state index contributed by atoms with van der Waals surface area (Å²) >= 11 is 16.8. The van der Waals surface area contributed by atoms with Gasteiger partial charge in [0, 0.05) is 0 Å². The molecule has 1 aromatic carbocycles. The maximum absolute atomic E-state index is 12.0. The molecule has 0 atom stereocenters. The summed E-state index contributed by atoms with van der Waals surface area (Å²) in [4.78, 5) is 10.6. The van der Waals surface area contributed by atoms with Crippen LogP contribution in [-0.2, 0) is 0 Å². The third-order valence-corrected chi connectivity index (χ3v) is 2.57. The first-order valence-electron chi connectivity index (χ1n) is 3.54. The van der Waals surface area contributed by atoms with E-state index in [2.05, 4.69) is 4.74 Å². The van der Waals surface area contributed by atoms with Crippen molar-refractivity contribution < 1.29 is 18.3 Å². The smallest absolute Gasteiger partial charge is 0.387 e. The Balaban J connectivity index is 3.35. The summed E-state index contributed by atoms with van der Waals surface area (Å²) in [5.41, 5.74) is -0.297. The van der Waals surface area contributed by atoms with Crippen LogP contribution in [0.3, 0.4) is 0 Å². The van der Waals surface area contributed by atoms with E-state index in [4.69, 9.17) is 34.8 Å². The van der Waals surface area contributed by atoms with Gasteiger partial charge in [0.2, 0.25) is 0 Å². The number of alkyl halides is 2. The molecule has 0 saturated heterocycles. The first-order chi connectivity index (χ1) is 6.97. The summed E-state index contributed by atoms with van der Waals surface area (Å²) in [6.45, 7) is -3.10. The summed E-state index contributed by atoms with van der Waals surface area (Å²) in [7, 11) is 0. The van der Waals surface area contributed by atoms with E-state index < -0.39 is 12.4 Å². The van der Waals surface area contributed by atoms with E-state index in [0.717, 1.165) is 6.07 Å². The molecule has 0 amide bonds. The normalized spacial score (nSPS) is 10.5. The predicted molar refractivity (Wildman–Crippen MR) is 53.5 cm³/mol. The predicted octanol–water partition coefficient (Wildman–Crippen LogP) is 4.06. The first kappa shape index (κ1) is 12.5. The van der Waals surface area contributed by atoms with Crippen molar-refractivity contribution in [3.63, 3.8) is 0 Å². The highest BCUT2D eigenvalue weighted by Gasteiger charge is 2.19. The highest BCUT2D eigenvalue weighted by Crippen LogP contribution is 2.38. The number of hydrogen-bond acceptors (Lipinski definition) is 2. The van der Waals surface area contributed by atoms with Crippen LogP contribution in [-0.4, -0.2) is 12.9 Å².